The Morgan fingerprint density at radius 3 is 2.07 bits per heavy atom. The SMILES string of the molecule is Cc1cc(F)ccc1S(=O)(=O)Nc1ccc(C(=O)Nc2ccc(N(C)C)cc2)cc1. The molecule has 1 amide bonds. The summed E-state index contributed by atoms with van der Waals surface area (Å²) in [5, 5.41) is 2.80. The van der Waals surface area contributed by atoms with Gasteiger partial charge >= 0.3 is 0 Å². The minimum atomic E-state index is -3.87. The number of hydrogen-bond donors (Lipinski definition) is 2. The van der Waals surface area contributed by atoms with Gasteiger partial charge in [-0.1, -0.05) is 0 Å². The summed E-state index contributed by atoms with van der Waals surface area (Å²) in [4.78, 5) is 14.4. The molecule has 156 valence electrons. The first kappa shape index (κ1) is 21.3. The van der Waals surface area contributed by atoms with E-state index in [1.807, 2.05) is 31.1 Å². The first-order valence-electron chi connectivity index (χ1n) is 9.13. The fraction of sp³-hybridized carbons (Fsp3) is 0.136. The molecule has 2 N–H and O–H groups in total. The average Bonchev–Trinajstić information content (AvgIpc) is 2.68. The number of aryl methyl sites for hydroxylation is 1. The topological polar surface area (TPSA) is 78.5 Å². The van der Waals surface area contributed by atoms with Crippen LogP contribution >= 0.6 is 0 Å². The Labute approximate surface area is 175 Å². The van der Waals surface area contributed by atoms with Crippen molar-refractivity contribution >= 4 is 33.0 Å². The zero-order chi connectivity index (χ0) is 21.9. The molecule has 0 spiro atoms. The quantitative estimate of drug-likeness (QED) is 0.616. The number of hydrogen-bond acceptors (Lipinski definition) is 4. The van der Waals surface area contributed by atoms with Gasteiger partial charge in [0.15, 0.2) is 0 Å². The summed E-state index contributed by atoms with van der Waals surface area (Å²) in [6, 6.07) is 16.9. The minimum Gasteiger partial charge on any atom is -0.378 e. The molecule has 0 saturated carbocycles. The van der Waals surface area contributed by atoms with Gasteiger partial charge in [0, 0.05) is 36.7 Å². The molecule has 0 atom stereocenters. The average molecular weight is 428 g/mol. The summed E-state index contributed by atoms with van der Waals surface area (Å²) >= 11 is 0. The third kappa shape index (κ3) is 4.96. The number of carbonyl (C=O) groups is 1. The van der Waals surface area contributed by atoms with E-state index in [1.54, 1.807) is 12.1 Å². The van der Waals surface area contributed by atoms with E-state index in [2.05, 4.69) is 10.0 Å². The second-order valence-corrected chi connectivity index (χ2v) is 8.64. The Morgan fingerprint density at radius 1 is 0.900 bits per heavy atom. The largest absolute Gasteiger partial charge is 0.378 e. The van der Waals surface area contributed by atoms with Crippen LogP contribution in [0.2, 0.25) is 0 Å². The molecule has 0 heterocycles. The van der Waals surface area contributed by atoms with E-state index in [4.69, 9.17) is 0 Å². The number of anilines is 3. The monoisotopic (exact) mass is 427 g/mol. The van der Waals surface area contributed by atoms with Gasteiger partial charge in [-0.25, -0.2) is 12.8 Å². The van der Waals surface area contributed by atoms with Crippen molar-refractivity contribution in [2.75, 3.05) is 29.0 Å². The molecule has 0 aliphatic heterocycles. The van der Waals surface area contributed by atoms with Gasteiger partial charge in [0.1, 0.15) is 5.82 Å². The van der Waals surface area contributed by atoms with E-state index in [0.29, 0.717) is 22.5 Å². The number of halogens is 1. The lowest BCUT2D eigenvalue weighted by Gasteiger charge is -2.13. The highest BCUT2D eigenvalue weighted by atomic mass is 32.2. The molecule has 0 saturated heterocycles. The third-order valence-corrected chi connectivity index (χ3v) is 6.01. The molecule has 3 aromatic rings. The molecule has 3 aromatic carbocycles. The van der Waals surface area contributed by atoms with Crippen LogP contribution in [0.4, 0.5) is 21.5 Å². The Morgan fingerprint density at radius 2 is 1.50 bits per heavy atom. The molecular weight excluding hydrogens is 405 g/mol. The number of nitrogens with one attached hydrogen (secondary N) is 2. The molecule has 0 aromatic heterocycles. The van der Waals surface area contributed by atoms with Crippen LogP contribution in [0.1, 0.15) is 15.9 Å². The predicted molar refractivity (Wildman–Crippen MR) is 117 cm³/mol. The second-order valence-electron chi connectivity index (χ2n) is 6.99. The molecule has 8 heteroatoms. The van der Waals surface area contributed by atoms with Crippen molar-refractivity contribution in [2.24, 2.45) is 0 Å². The van der Waals surface area contributed by atoms with Gasteiger partial charge in [0.25, 0.3) is 15.9 Å². The number of carbonyl (C=O) groups excluding carboxylic acids is 1. The van der Waals surface area contributed by atoms with Crippen LogP contribution in [0, 0.1) is 12.7 Å². The lowest BCUT2D eigenvalue weighted by atomic mass is 10.2. The molecule has 30 heavy (non-hydrogen) atoms. The van der Waals surface area contributed by atoms with Crippen LogP contribution in [0.3, 0.4) is 0 Å². The summed E-state index contributed by atoms with van der Waals surface area (Å²) in [5.74, 6) is -0.811. The Hall–Kier alpha value is -3.39. The van der Waals surface area contributed by atoms with Gasteiger partial charge in [0.2, 0.25) is 0 Å². The predicted octanol–water partition coefficient (Wildman–Crippen LogP) is 4.25. The third-order valence-electron chi connectivity index (χ3n) is 4.47. The van der Waals surface area contributed by atoms with Crippen molar-refractivity contribution in [1.82, 2.24) is 0 Å². The van der Waals surface area contributed by atoms with Gasteiger partial charge in [-0.15, -0.1) is 0 Å². The van der Waals surface area contributed by atoms with Crippen molar-refractivity contribution in [3.05, 3.63) is 83.7 Å². The van der Waals surface area contributed by atoms with Crippen molar-refractivity contribution in [3.63, 3.8) is 0 Å². The summed E-state index contributed by atoms with van der Waals surface area (Å²) in [5.41, 5.74) is 2.65. The Bertz CT molecular complexity index is 1160. The van der Waals surface area contributed by atoms with Crippen LogP contribution in [-0.2, 0) is 10.0 Å². The van der Waals surface area contributed by atoms with Crippen LogP contribution in [0.25, 0.3) is 0 Å². The second kappa shape index (κ2) is 8.54. The maximum absolute atomic E-state index is 13.2. The van der Waals surface area contributed by atoms with E-state index >= 15 is 0 Å². The molecule has 0 unspecified atom stereocenters. The van der Waals surface area contributed by atoms with E-state index in [1.165, 1.54) is 37.3 Å². The molecule has 0 aliphatic carbocycles. The zero-order valence-electron chi connectivity index (χ0n) is 16.8. The molecule has 0 bridgehead atoms. The van der Waals surface area contributed by atoms with Crippen molar-refractivity contribution in [2.45, 2.75) is 11.8 Å². The van der Waals surface area contributed by atoms with Gasteiger partial charge in [-0.2, -0.15) is 0 Å². The van der Waals surface area contributed by atoms with Crippen LogP contribution in [0.5, 0.6) is 0 Å². The summed E-state index contributed by atoms with van der Waals surface area (Å²) in [7, 11) is -0.0121. The number of rotatable bonds is 6. The Kier molecular flexibility index (Phi) is 6.07. The number of sulfonamides is 1. The molecule has 0 aliphatic rings. The fourth-order valence-electron chi connectivity index (χ4n) is 2.86. The highest BCUT2D eigenvalue weighted by Gasteiger charge is 2.17. The zero-order valence-corrected chi connectivity index (χ0v) is 17.6. The van der Waals surface area contributed by atoms with Gasteiger partial charge < -0.3 is 10.2 Å². The number of nitrogens with zero attached hydrogens (tertiary/aromatic N) is 1. The highest BCUT2D eigenvalue weighted by molar-refractivity contribution is 7.92. The normalized spacial score (nSPS) is 11.1. The lowest BCUT2D eigenvalue weighted by molar-refractivity contribution is 0.102. The molecule has 3 rings (SSSR count). The molecule has 0 radical (unpaired) electrons. The molecule has 6 nitrogen and oxygen atoms in total. The van der Waals surface area contributed by atoms with Crippen LogP contribution < -0.4 is 14.9 Å². The van der Waals surface area contributed by atoms with E-state index in [9.17, 15) is 17.6 Å². The van der Waals surface area contributed by atoms with E-state index in [-0.39, 0.29) is 10.8 Å². The van der Waals surface area contributed by atoms with E-state index < -0.39 is 15.8 Å². The van der Waals surface area contributed by atoms with Crippen molar-refractivity contribution in [1.29, 1.82) is 0 Å². The number of benzene rings is 3. The summed E-state index contributed by atoms with van der Waals surface area (Å²) in [6.45, 7) is 1.52. The molecule has 0 fully saturated rings. The first-order chi connectivity index (χ1) is 14.2. The lowest BCUT2D eigenvalue weighted by Crippen LogP contribution is -2.15. The maximum atomic E-state index is 13.2. The van der Waals surface area contributed by atoms with Crippen LogP contribution in [0.15, 0.2) is 71.6 Å². The summed E-state index contributed by atoms with van der Waals surface area (Å²) < 4.78 is 40.8. The number of amides is 1. The van der Waals surface area contributed by atoms with Crippen molar-refractivity contribution in [3.8, 4) is 0 Å². The van der Waals surface area contributed by atoms with Gasteiger partial charge in [-0.05, 0) is 79.2 Å². The van der Waals surface area contributed by atoms with Crippen LogP contribution in [-0.4, -0.2) is 28.4 Å². The smallest absolute Gasteiger partial charge is 0.262 e. The standard InChI is InChI=1S/C22H22FN3O3S/c1-15-14-17(23)6-13-21(15)30(28,29)25-19-7-4-16(5-8-19)22(27)24-18-9-11-20(12-10-18)26(2)3/h4-14,25H,1-3H3,(H,24,27). The first-order valence-corrected chi connectivity index (χ1v) is 10.6. The summed E-state index contributed by atoms with van der Waals surface area (Å²) in [6.07, 6.45) is 0. The maximum Gasteiger partial charge on any atom is 0.262 e. The minimum absolute atomic E-state index is 0.00751. The highest BCUT2D eigenvalue weighted by Crippen LogP contribution is 2.21. The van der Waals surface area contributed by atoms with Crippen molar-refractivity contribution < 1.29 is 17.6 Å². The van der Waals surface area contributed by atoms with Gasteiger partial charge in [-0.3, -0.25) is 9.52 Å². The fourth-order valence-corrected chi connectivity index (χ4v) is 4.15. The van der Waals surface area contributed by atoms with E-state index in [0.717, 1.165) is 17.8 Å². The Balaban J connectivity index is 1.70. The molecular formula is C22H22FN3O3S. The van der Waals surface area contributed by atoms with Gasteiger partial charge in [0.05, 0.1) is 4.90 Å².